The molecule has 0 aliphatic rings. The fraction of sp³-hybridized carbons (Fsp3) is 0.250. The highest BCUT2D eigenvalue weighted by Crippen LogP contribution is 2.20. The van der Waals surface area contributed by atoms with Crippen molar-refractivity contribution in [2.75, 3.05) is 18.9 Å². The summed E-state index contributed by atoms with van der Waals surface area (Å²) in [5.74, 6) is -2.17. The third-order valence-corrected chi connectivity index (χ3v) is 2.65. The summed E-state index contributed by atoms with van der Waals surface area (Å²) in [6, 6.07) is 1.97. The van der Waals surface area contributed by atoms with E-state index >= 15 is 0 Å². The monoisotopic (exact) mass is 281 g/mol. The molecule has 20 heavy (non-hydrogen) atoms. The van der Waals surface area contributed by atoms with Gasteiger partial charge in [0.25, 0.3) is 5.91 Å². The molecule has 1 aromatic heterocycles. The summed E-state index contributed by atoms with van der Waals surface area (Å²) in [7, 11) is 1.40. The number of nitrogens with one attached hydrogen (secondary N) is 2. The molecule has 0 fully saturated rings. The van der Waals surface area contributed by atoms with Gasteiger partial charge < -0.3 is 10.6 Å². The first-order chi connectivity index (χ1) is 9.61. The quantitative estimate of drug-likeness (QED) is 0.858. The van der Waals surface area contributed by atoms with Crippen LogP contribution in [0, 0.1) is 11.6 Å². The zero-order valence-corrected chi connectivity index (χ0v) is 10.7. The van der Waals surface area contributed by atoms with Gasteiger partial charge in [0.15, 0.2) is 0 Å². The second-order valence-electron chi connectivity index (χ2n) is 3.99. The Balaban J connectivity index is 1.99. The second kappa shape index (κ2) is 6.09. The van der Waals surface area contributed by atoms with E-state index in [1.807, 2.05) is 0 Å². The van der Waals surface area contributed by atoms with Crippen LogP contribution in [0.5, 0.6) is 0 Å². The predicted molar refractivity (Wildman–Crippen MR) is 68.3 cm³/mol. The maximum Gasteiger partial charge on any atom is 0.251 e. The Bertz CT molecular complexity index is 577. The highest BCUT2D eigenvalue weighted by atomic mass is 19.1. The highest BCUT2D eigenvalue weighted by Gasteiger charge is 2.13. The number of carbonyl (C=O) groups is 1. The Kier molecular flexibility index (Phi) is 4.24. The molecule has 0 spiro atoms. The first-order valence-corrected chi connectivity index (χ1v) is 5.91. The molecule has 2 N–H and O–H groups in total. The van der Waals surface area contributed by atoms with E-state index < -0.39 is 17.5 Å². The molecule has 2 rings (SSSR count). The van der Waals surface area contributed by atoms with E-state index in [9.17, 15) is 13.6 Å². The normalized spacial score (nSPS) is 10.3. The van der Waals surface area contributed by atoms with Crippen LogP contribution in [0.15, 0.2) is 24.5 Å². The van der Waals surface area contributed by atoms with Crippen LogP contribution in [0.2, 0.25) is 0 Å². The molecule has 0 saturated carbocycles. The lowest BCUT2D eigenvalue weighted by molar-refractivity contribution is 0.0951. The molecule has 1 amide bonds. The van der Waals surface area contributed by atoms with Crippen molar-refractivity contribution in [1.29, 1.82) is 0 Å². The van der Waals surface area contributed by atoms with Crippen LogP contribution in [-0.4, -0.2) is 34.5 Å². The molecule has 0 saturated heterocycles. The van der Waals surface area contributed by atoms with Gasteiger partial charge >= 0.3 is 0 Å². The number of hydrogen-bond acceptors (Lipinski definition) is 4. The molecule has 6 nitrogen and oxygen atoms in total. The SMILES string of the molecule is CNc1c(F)cc(C(=O)NCCn2ccnn2)cc1F. The molecule has 2 aromatic rings. The molecule has 106 valence electrons. The Labute approximate surface area is 113 Å². The number of rotatable bonds is 5. The molecule has 0 aliphatic carbocycles. The Hall–Kier alpha value is -2.51. The minimum absolute atomic E-state index is 0.0717. The lowest BCUT2D eigenvalue weighted by Gasteiger charge is -2.08. The number of anilines is 1. The fourth-order valence-corrected chi connectivity index (χ4v) is 1.68. The molecule has 0 bridgehead atoms. The first-order valence-electron chi connectivity index (χ1n) is 5.91. The maximum absolute atomic E-state index is 13.5. The standard InChI is InChI=1S/C12H13F2N5O/c1-15-11-9(13)6-8(7-10(11)14)12(20)16-2-4-19-5-3-17-18-19/h3,5-7,15H,2,4H2,1H3,(H,16,20). The molecular weight excluding hydrogens is 268 g/mol. The Morgan fingerprint density at radius 2 is 2.05 bits per heavy atom. The summed E-state index contributed by atoms with van der Waals surface area (Å²) in [5.41, 5.74) is -0.332. The number of aromatic nitrogens is 3. The highest BCUT2D eigenvalue weighted by molar-refractivity contribution is 5.94. The second-order valence-corrected chi connectivity index (χ2v) is 3.99. The first kappa shape index (κ1) is 13.9. The van der Waals surface area contributed by atoms with Gasteiger partial charge in [0.05, 0.1) is 12.7 Å². The fourth-order valence-electron chi connectivity index (χ4n) is 1.68. The van der Waals surface area contributed by atoms with Crippen molar-refractivity contribution >= 4 is 11.6 Å². The lowest BCUT2D eigenvalue weighted by Crippen LogP contribution is -2.27. The Morgan fingerprint density at radius 3 is 2.60 bits per heavy atom. The molecular formula is C12H13F2N5O. The number of amides is 1. The molecule has 0 atom stereocenters. The van der Waals surface area contributed by atoms with Gasteiger partial charge in [-0.15, -0.1) is 5.10 Å². The molecule has 8 heteroatoms. The van der Waals surface area contributed by atoms with E-state index in [2.05, 4.69) is 20.9 Å². The van der Waals surface area contributed by atoms with Crippen molar-refractivity contribution in [2.45, 2.75) is 6.54 Å². The van der Waals surface area contributed by atoms with E-state index in [0.29, 0.717) is 6.54 Å². The van der Waals surface area contributed by atoms with Gasteiger partial charge in [-0.25, -0.2) is 8.78 Å². The van der Waals surface area contributed by atoms with Gasteiger partial charge in [-0.2, -0.15) is 0 Å². The van der Waals surface area contributed by atoms with E-state index in [1.54, 1.807) is 6.20 Å². The summed E-state index contributed by atoms with van der Waals surface area (Å²) in [6.45, 7) is 0.699. The zero-order valence-electron chi connectivity index (χ0n) is 10.7. The van der Waals surface area contributed by atoms with Crippen LogP contribution >= 0.6 is 0 Å². The van der Waals surface area contributed by atoms with Crippen molar-refractivity contribution in [3.8, 4) is 0 Å². The van der Waals surface area contributed by atoms with Gasteiger partial charge in [0.2, 0.25) is 0 Å². The maximum atomic E-state index is 13.5. The third kappa shape index (κ3) is 3.08. The topological polar surface area (TPSA) is 71.8 Å². The molecule has 0 unspecified atom stereocenters. The molecule has 1 aromatic carbocycles. The van der Waals surface area contributed by atoms with Crippen LogP contribution < -0.4 is 10.6 Å². The van der Waals surface area contributed by atoms with Crippen molar-refractivity contribution < 1.29 is 13.6 Å². The molecule has 0 aliphatic heterocycles. The Morgan fingerprint density at radius 1 is 1.35 bits per heavy atom. The zero-order chi connectivity index (χ0) is 14.5. The smallest absolute Gasteiger partial charge is 0.251 e. The largest absolute Gasteiger partial charge is 0.383 e. The van der Waals surface area contributed by atoms with Crippen molar-refractivity contribution in [2.24, 2.45) is 0 Å². The van der Waals surface area contributed by atoms with E-state index in [0.717, 1.165) is 12.1 Å². The average molecular weight is 281 g/mol. The molecule has 1 heterocycles. The number of hydrogen-bond donors (Lipinski definition) is 2. The van der Waals surface area contributed by atoms with Gasteiger partial charge in [-0.05, 0) is 12.1 Å². The van der Waals surface area contributed by atoms with E-state index in [1.165, 1.54) is 17.9 Å². The summed E-state index contributed by atoms with van der Waals surface area (Å²) in [6.07, 6.45) is 3.16. The number of nitrogens with zero attached hydrogens (tertiary/aromatic N) is 3. The minimum Gasteiger partial charge on any atom is -0.383 e. The van der Waals surface area contributed by atoms with Gasteiger partial charge in [-0.3, -0.25) is 9.48 Å². The van der Waals surface area contributed by atoms with Gasteiger partial charge in [0, 0.05) is 25.4 Å². The van der Waals surface area contributed by atoms with Crippen molar-refractivity contribution in [3.63, 3.8) is 0 Å². The van der Waals surface area contributed by atoms with Crippen molar-refractivity contribution in [1.82, 2.24) is 20.3 Å². The summed E-state index contributed by atoms with van der Waals surface area (Å²) < 4.78 is 28.6. The molecule has 0 radical (unpaired) electrons. The number of halogens is 2. The summed E-state index contributed by atoms with van der Waals surface area (Å²) in [5, 5.41) is 12.3. The average Bonchev–Trinajstić information content (AvgIpc) is 2.91. The van der Waals surface area contributed by atoms with Crippen LogP contribution in [0.1, 0.15) is 10.4 Å². The number of benzene rings is 1. The third-order valence-electron chi connectivity index (χ3n) is 2.65. The lowest BCUT2D eigenvalue weighted by atomic mass is 10.1. The van der Waals surface area contributed by atoms with E-state index in [4.69, 9.17) is 0 Å². The van der Waals surface area contributed by atoms with Crippen LogP contribution in [0.4, 0.5) is 14.5 Å². The van der Waals surface area contributed by atoms with E-state index in [-0.39, 0.29) is 17.8 Å². The van der Waals surface area contributed by atoms with Crippen molar-refractivity contribution in [3.05, 3.63) is 41.7 Å². The van der Waals surface area contributed by atoms with Crippen LogP contribution in [0.3, 0.4) is 0 Å². The van der Waals surface area contributed by atoms with Crippen LogP contribution in [-0.2, 0) is 6.54 Å². The number of carbonyl (C=O) groups excluding carboxylic acids is 1. The minimum atomic E-state index is -0.811. The van der Waals surface area contributed by atoms with Gasteiger partial charge in [-0.1, -0.05) is 5.21 Å². The van der Waals surface area contributed by atoms with Gasteiger partial charge in [0.1, 0.15) is 17.3 Å². The predicted octanol–water partition coefficient (Wildman–Crippen LogP) is 1.03. The summed E-state index contributed by atoms with van der Waals surface area (Å²) >= 11 is 0. The summed E-state index contributed by atoms with van der Waals surface area (Å²) in [4.78, 5) is 11.8. The van der Waals surface area contributed by atoms with Crippen LogP contribution in [0.25, 0.3) is 0 Å².